The van der Waals surface area contributed by atoms with Crippen molar-refractivity contribution in [1.82, 2.24) is 10.3 Å². The van der Waals surface area contributed by atoms with Gasteiger partial charge >= 0.3 is 0 Å². The molecule has 7 nitrogen and oxygen atoms in total. The van der Waals surface area contributed by atoms with Crippen LogP contribution in [0.15, 0.2) is 119 Å². The minimum absolute atomic E-state index is 0.0400. The van der Waals surface area contributed by atoms with Gasteiger partial charge in [0.1, 0.15) is 5.70 Å². The predicted molar refractivity (Wildman–Crippen MR) is 180 cm³/mol. The lowest BCUT2D eigenvalue weighted by molar-refractivity contribution is -0.114. The number of benzene rings is 4. The van der Waals surface area contributed by atoms with Gasteiger partial charge in [-0.3, -0.25) is 14.4 Å². The summed E-state index contributed by atoms with van der Waals surface area (Å²) in [4.78, 5) is 44.1. The summed E-state index contributed by atoms with van der Waals surface area (Å²) in [6, 6.07) is 30.0. The Morgan fingerprint density at radius 1 is 0.841 bits per heavy atom. The number of rotatable bonds is 10. The van der Waals surface area contributed by atoms with Crippen LogP contribution in [-0.2, 0) is 9.59 Å². The van der Waals surface area contributed by atoms with Gasteiger partial charge in [0, 0.05) is 37.1 Å². The number of carbonyl (C=O) groups is 3. The molecule has 3 N–H and O–H groups in total. The molecule has 11 heteroatoms. The first-order chi connectivity index (χ1) is 21.3. The van der Waals surface area contributed by atoms with E-state index in [1.54, 1.807) is 84.9 Å². The van der Waals surface area contributed by atoms with Crippen LogP contribution in [0.25, 0.3) is 17.3 Å². The second-order valence-corrected chi connectivity index (χ2v) is 12.0. The Morgan fingerprint density at radius 2 is 1.61 bits per heavy atom. The summed E-state index contributed by atoms with van der Waals surface area (Å²) < 4.78 is 0. The Bertz CT molecular complexity index is 1840. The zero-order valence-corrected chi connectivity index (χ0v) is 26.1. The quantitative estimate of drug-likeness (QED) is 0.104. The molecule has 220 valence electrons. The predicted octanol–water partition coefficient (Wildman–Crippen LogP) is 8.26. The number of nitrogens with zero attached hydrogens (tertiary/aromatic N) is 1. The van der Waals surface area contributed by atoms with Gasteiger partial charge in [0.05, 0.1) is 11.4 Å². The highest BCUT2D eigenvalue weighted by Crippen LogP contribution is 2.30. The summed E-state index contributed by atoms with van der Waals surface area (Å²) in [5.41, 5.74) is 3.08. The van der Waals surface area contributed by atoms with Crippen LogP contribution in [0.3, 0.4) is 0 Å². The zero-order chi connectivity index (χ0) is 30.9. The number of thioether (sulfide) groups is 1. The fraction of sp³-hybridized carbons (Fsp3) is 0.0303. The molecule has 0 aliphatic heterocycles. The molecule has 0 unspecified atom stereocenters. The Kier molecular flexibility index (Phi) is 10.5. The van der Waals surface area contributed by atoms with Gasteiger partial charge < -0.3 is 16.0 Å². The monoisotopic (exact) mass is 658 g/mol. The van der Waals surface area contributed by atoms with E-state index in [1.807, 2.05) is 29.6 Å². The van der Waals surface area contributed by atoms with Crippen LogP contribution >= 0.6 is 46.3 Å². The molecule has 44 heavy (non-hydrogen) atoms. The van der Waals surface area contributed by atoms with E-state index in [9.17, 15) is 14.4 Å². The molecule has 3 amide bonds. The molecule has 0 radical (unpaired) electrons. The normalized spacial score (nSPS) is 11.1. The van der Waals surface area contributed by atoms with Crippen molar-refractivity contribution in [1.29, 1.82) is 0 Å². The Hall–Kier alpha value is -4.41. The molecule has 0 atom stereocenters. The number of amides is 3. The van der Waals surface area contributed by atoms with E-state index in [2.05, 4.69) is 20.9 Å². The lowest BCUT2D eigenvalue weighted by Crippen LogP contribution is -2.30. The number of aromatic nitrogens is 1. The molecule has 0 spiro atoms. The number of halogens is 2. The largest absolute Gasteiger partial charge is 0.321 e. The van der Waals surface area contributed by atoms with Crippen LogP contribution < -0.4 is 16.0 Å². The SMILES string of the molecule is O=C(CSc1cccc(NC(=O)/C(=C/c2cccc(Cl)c2)NC(=O)c2ccccc2)c1)Nc1nc(-c2ccccc2Cl)cs1. The maximum Gasteiger partial charge on any atom is 0.272 e. The standard InChI is InChI=1S/C33H24Cl2N4O3S2/c34-23-11-6-8-21(16-23)17-28(37-31(41)22-9-2-1-3-10-22)32(42)36-24-12-7-13-25(18-24)43-20-30(40)39-33-38-29(19-44-33)26-14-4-5-15-27(26)35/h1-19H,20H2,(H,36,42)(H,37,41)(H,38,39,40)/b28-17-. The van der Waals surface area contributed by atoms with Gasteiger partial charge in [0.25, 0.3) is 11.8 Å². The third-order valence-corrected chi connectivity index (χ3v) is 8.37. The van der Waals surface area contributed by atoms with Crippen LogP contribution in [0.5, 0.6) is 0 Å². The molecule has 0 fully saturated rings. The van der Waals surface area contributed by atoms with Crippen molar-refractivity contribution in [2.45, 2.75) is 4.90 Å². The smallest absolute Gasteiger partial charge is 0.272 e. The van der Waals surface area contributed by atoms with Crippen molar-refractivity contribution in [2.75, 3.05) is 16.4 Å². The number of thiazole rings is 1. The third kappa shape index (κ3) is 8.58. The maximum absolute atomic E-state index is 13.4. The molecule has 0 saturated carbocycles. The van der Waals surface area contributed by atoms with E-state index in [0.29, 0.717) is 37.7 Å². The summed E-state index contributed by atoms with van der Waals surface area (Å²) in [6.07, 6.45) is 1.56. The molecule has 5 rings (SSSR count). The van der Waals surface area contributed by atoms with Crippen molar-refractivity contribution < 1.29 is 14.4 Å². The van der Waals surface area contributed by atoms with Crippen LogP contribution in [0.2, 0.25) is 10.0 Å². The molecule has 0 aliphatic carbocycles. The van der Waals surface area contributed by atoms with Crippen molar-refractivity contribution in [3.63, 3.8) is 0 Å². The van der Waals surface area contributed by atoms with Crippen LogP contribution in [0, 0.1) is 0 Å². The summed E-state index contributed by atoms with van der Waals surface area (Å²) in [6.45, 7) is 0. The zero-order valence-electron chi connectivity index (χ0n) is 22.9. The van der Waals surface area contributed by atoms with Crippen LogP contribution in [0.4, 0.5) is 10.8 Å². The molecule has 0 saturated heterocycles. The first-order valence-electron chi connectivity index (χ1n) is 13.2. The highest BCUT2D eigenvalue weighted by Gasteiger charge is 2.16. The van der Waals surface area contributed by atoms with Gasteiger partial charge in [-0.15, -0.1) is 23.1 Å². The molecular formula is C33H24Cl2N4O3S2. The highest BCUT2D eigenvalue weighted by molar-refractivity contribution is 8.00. The van der Waals surface area contributed by atoms with Crippen LogP contribution in [0.1, 0.15) is 15.9 Å². The van der Waals surface area contributed by atoms with Gasteiger partial charge in [-0.05, 0) is 60.2 Å². The summed E-state index contributed by atoms with van der Waals surface area (Å²) in [5, 5.41) is 11.8. The van der Waals surface area contributed by atoms with Crippen molar-refractivity contribution in [3.05, 3.63) is 135 Å². The molecule has 0 aliphatic rings. The number of hydrogen-bond acceptors (Lipinski definition) is 6. The minimum atomic E-state index is -0.521. The highest BCUT2D eigenvalue weighted by atomic mass is 35.5. The van der Waals surface area contributed by atoms with E-state index in [0.717, 1.165) is 10.5 Å². The summed E-state index contributed by atoms with van der Waals surface area (Å²) >= 11 is 15.0. The molecule has 4 aromatic carbocycles. The lowest BCUT2D eigenvalue weighted by Gasteiger charge is -2.12. The molecule has 1 aromatic heterocycles. The second-order valence-electron chi connectivity index (χ2n) is 9.27. The second kappa shape index (κ2) is 14.9. The molecule has 1 heterocycles. The lowest BCUT2D eigenvalue weighted by atomic mass is 10.1. The topological polar surface area (TPSA) is 100 Å². The Labute approximate surface area is 272 Å². The Balaban J connectivity index is 1.23. The minimum Gasteiger partial charge on any atom is -0.321 e. The number of anilines is 2. The number of nitrogens with one attached hydrogen (secondary N) is 3. The fourth-order valence-electron chi connectivity index (χ4n) is 4.00. The molecular weight excluding hydrogens is 635 g/mol. The average molecular weight is 660 g/mol. The van der Waals surface area contributed by atoms with Gasteiger partial charge in [0.2, 0.25) is 5.91 Å². The summed E-state index contributed by atoms with van der Waals surface area (Å²) in [7, 11) is 0. The Morgan fingerprint density at radius 3 is 2.41 bits per heavy atom. The van der Waals surface area contributed by atoms with Gasteiger partial charge in [0.15, 0.2) is 5.13 Å². The van der Waals surface area contributed by atoms with Gasteiger partial charge in [-0.2, -0.15) is 0 Å². The average Bonchev–Trinajstić information content (AvgIpc) is 3.48. The number of carbonyl (C=O) groups excluding carboxylic acids is 3. The van der Waals surface area contributed by atoms with Crippen LogP contribution in [-0.4, -0.2) is 28.5 Å². The molecule has 5 aromatic rings. The van der Waals surface area contributed by atoms with Crippen molar-refractivity contribution >= 4 is 80.9 Å². The third-order valence-electron chi connectivity index (χ3n) is 6.05. The maximum atomic E-state index is 13.4. The van der Waals surface area contributed by atoms with E-state index in [4.69, 9.17) is 23.2 Å². The van der Waals surface area contributed by atoms with Crippen molar-refractivity contribution in [3.8, 4) is 11.3 Å². The number of hydrogen-bond donors (Lipinski definition) is 3. The van der Waals surface area contributed by atoms with E-state index < -0.39 is 11.8 Å². The van der Waals surface area contributed by atoms with Gasteiger partial charge in [-0.1, -0.05) is 77.8 Å². The first-order valence-corrected chi connectivity index (χ1v) is 15.8. The van der Waals surface area contributed by atoms with Crippen molar-refractivity contribution in [2.24, 2.45) is 0 Å². The molecule has 0 bridgehead atoms. The first kappa shape index (κ1) is 31.0. The van der Waals surface area contributed by atoms with Gasteiger partial charge in [-0.25, -0.2) is 4.98 Å². The van der Waals surface area contributed by atoms with E-state index in [1.165, 1.54) is 23.1 Å². The van der Waals surface area contributed by atoms with E-state index >= 15 is 0 Å². The fourth-order valence-corrected chi connectivity index (χ4v) is 5.91. The van der Waals surface area contributed by atoms with E-state index in [-0.39, 0.29) is 17.4 Å². The summed E-state index contributed by atoms with van der Waals surface area (Å²) in [5.74, 6) is -1.04.